The summed E-state index contributed by atoms with van der Waals surface area (Å²) in [7, 11) is -6.70. The van der Waals surface area contributed by atoms with E-state index < -0.39 is 19.9 Å². The van der Waals surface area contributed by atoms with Crippen molar-refractivity contribution >= 4 is 37.4 Å². The molecule has 0 spiro atoms. The molecule has 12 heteroatoms. The third kappa shape index (κ3) is 4.91. The first-order chi connectivity index (χ1) is 14.7. The summed E-state index contributed by atoms with van der Waals surface area (Å²) < 4.78 is 55.9. The molecule has 1 aromatic carbocycles. The normalized spacial score (nSPS) is 25.6. The van der Waals surface area contributed by atoms with Crippen molar-refractivity contribution in [1.29, 1.82) is 0 Å². The van der Waals surface area contributed by atoms with Gasteiger partial charge in [0.1, 0.15) is 0 Å². The first-order valence-corrected chi connectivity index (χ1v) is 13.9. The standard InChI is InChI=1S/C19H26ClN3O6S2/c20-18-2-1-16(31(27,28)23-8-10-29-11-9-23)13-17(18)19(24)22-6-4-21(5-7-22)15-3-12-30(25,26)14-15/h1-2,13,15H,3-12,14H2. The van der Waals surface area contributed by atoms with Gasteiger partial charge in [0.25, 0.3) is 5.91 Å². The maximum atomic E-state index is 13.1. The van der Waals surface area contributed by atoms with Crippen LogP contribution < -0.4 is 0 Å². The average molecular weight is 492 g/mol. The van der Waals surface area contributed by atoms with Gasteiger partial charge in [-0.15, -0.1) is 0 Å². The van der Waals surface area contributed by atoms with Crippen molar-refractivity contribution in [2.24, 2.45) is 0 Å². The SMILES string of the molecule is O=C(c1cc(S(=O)(=O)N2CCOCC2)ccc1Cl)N1CCN(C2CCS(=O)(=O)C2)CC1. The summed E-state index contributed by atoms with van der Waals surface area (Å²) in [5, 5.41) is 0.204. The lowest BCUT2D eigenvalue weighted by atomic mass is 10.1. The van der Waals surface area contributed by atoms with Gasteiger partial charge in [-0.25, -0.2) is 16.8 Å². The lowest BCUT2D eigenvalue weighted by Crippen LogP contribution is -2.52. The molecule has 1 unspecified atom stereocenters. The Hall–Kier alpha value is -1.24. The van der Waals surface area contributed by atoms with Crippen molar-refractivity contribution in [2.45, 2.75) is 17.4 Å². The Kier molecular flexibility index (Phi) is 6.62. The lowest BCUT2D eigenvalue weighted by molar-refractivity contribution is 0.0587. The Morgan fingerprint density at radius 1 is 1.06 bits per heavy atom. The maximum Gasteiger partial charge on any atom is 0.255 e. The molecule has 1 aromatic rings. The number of piperazine rings is 1. The first kappa shape index (κ1) is 22.9. The molecule has 0 aliphatic carbocycles. The van der Waals surface area contributed by atoms with Gasteiger partial charge in [0, 0.05) is 45.3 Å². The Labute approximate surface area is 187 Å². The van der Waals surface area contributed by atoms with Crippen LogP contribution in [-0.2, 0) is 24.6 Å². The fourth-order valence-electron chi connectivity index (χ4n) is 4.29. The fraction of sp³-hybridized carbons (Fsp3) is 0.632. The molecular weight excluding hydrogens is 466 g/mol. The summed E-state index contributed by atoms with van der Waals surface area (Å²) in [4.78, 5) is 16.9. The number of halogens is 1. The van der Waals surface area contributed by atoms with E-state index in [0.717, 1.165) is 0 Å². The Morgan fingerprint density at radius 3 is 2.35 bits per heavy atom. The highest BCUT2D eigenvalue weighted by Crippen LogP contribution is 2.26. The fourth-order valence-corrected chi connectivity index (χ4v) is 7.68. The summed E-state index contributed by atoms with van der Waals surface area (Å²) in [6.45, 7) is 3.25. The van der Waals surface area contributed by atoms with Gasteiger partial charge in [-0.2, -0.15) is 4.31 Å². The van der Waals surface area contributed by atoms with Crippen LogP contribution in [-0.4, -0.2) is 107 Å². The van der Waals surface area contributed by atoms with E-state index in [2.05, 4.69) is 4.90 Å². The van der Waals surface area contributed by atoms with Gasteiger partial charge < -0.3 is 9.64 Å². The predicted octanol–water partition coefficient (Wildman–Crippen LogP) is 0.306. The second kappa shape index (κ2) is 8.95. The van der Waals surface area contributed by atoms with Crippen molar-refractivity contribution in [3.63, 3.8) is 0 Å². The van der Waals surface area contributed by atoms with Crippen LogP contribution in [0.4, 0.5) is 0 Å². The zero-order chi connectivity index (χ0) is 22.2. The van der Waals surface area contributed by atoms with E-state index >= 15 is 0 Å². The quantitative estimate of drug-likeness (QED) is 0.596. The zero-order valence-electron chi connectivity index (χ0n) is 17.1. The minimum atomic E-state index is -3.74. The van der Waals surface area contributed by atoms with Crippen LogP contribution in [0.5, 0.6) is 0 Å². The lowest BCUT2D eigenvalue weighted by Gasteiger charge is -2.37. The molecule has 3 aliphatic heterocycles. The number of nitrogens with zero attached hydrogens (tertiary/aromatic N) is 3. The first-order valence-electron chi connectivity index (χ1n) is 10.3. The van der Waals surface area contributed by atoms with Crippen molar-refractivity contribution in [1.82, 2.24) is 14.1 Å². The number of carbonyl (C=O) groups excluding carboxylic acids is 1. The Morgan fingerprint density at radius 2 is 1.74 bits per heavy atom. The molecule has 9 nitrogen and oxygen atoms in total. The molecule has 172 valence electrons. The van der Waals surface area contributed by atoms with Gasteiger partial charge in [-0.3, -0.25) is 9.69 Å². The number of hydrogen-bond donors (Lipinski definition) is 0. The summed E-state index contributed by atoms with van der Waals surface area (Å²) in [6, 6.07) is 4.23. The molecular formula is C19H26ClN3O6S2. The molecule has 3 saturated heterocycles. The number of ether oxygens (including phenoxy) is 1. The third-order valence-electron chi connectivity index (χ3n) is 6.10. The number of rotatable bonds is 4. The van der Waals surface area contributed by atoms with Gasteiger partial charge in [0.05, 0.1) is 40.2 Å². The van der Waals surface area contributed by atoms with Gasteiger partial charge in [-0.05, 0) is 24.6 Å². The summed E-state index contributed by atoms with van der Waals surface area (Å²) in [5.41, 5.74) is 0.160. The molecule has 0 aromatic heterocycles. The molecule has 3 aliphatic rings. The highest BCUT2D eigenvalue weighted by molar-refractivity contribution is 7.91. The van der Waals surface area contributed by atoms with E-state index in [1.54, 1.807) is 4.90 Å². The van der Waals surface area contributed by atoms with E-state index in [-0.39, 0.29) is 52.0 Å². The monoisotopic (exact) mass is 491 g/mol. The van der Waals surface area contributed by atoms with Gasteiger partial charge in [0.15, 0.2) is 9.84 Å². The van der Waals surface area contributed by atoms with Crippen LogP contribution in [0, 0.1) is 0 Å². The largest absolute Gasteiger partial charge is 0.379 e. The molecule has 3 fully saturated rings. The smallest absolute Gasteiger partial charge is 0.255 e. The number of amides is 1. The molecule has 3 heterocycles. The summed E-state index contributed by atoms with van der Waals surface area (Å²) >= 11 is 6.26. The number of hydrogen-bond acceptors (Lipinski definition) is 7. The molecule has 4 rings (SSSR count). The number of morpholine rings is 1. The molecule has 0 radical (unpaired) electrons. The van der Waals surface area contributed by atoms with Crippen molar-refractivity contribution in [2.75, 3.05) is 64.0 Å². The predicted molar refractivity (Wildman–Crippen MR) is 116 cm³/mol. The molecule has 31 heavy (non-hydrogen) atoms. The summed E-state index contributed by atoms with van der Waals surface area (Å²) in [5.74, 6) is 0.0770. The van der Waals surface area contributed by atoms with Crippen LogP contribution in [0.1, 0.15) is 16.8 Å². The Bertz CT molecular complexity index is 1050. The van der Waals surface area contributed by atoms with Crippen LogP contribution in [0.2, 0.25) is 5.02 Å². The number of carbonyl (C=O) groups is 1. The molecule has 0 bridgehead atoms. The van der Waals surface area contributed by atoms with Crippen LogP contribution >= 0.6 is 11.6 Å². The molecule has 1 amide bonds. The molecule has 0 N–H and O–H groups in total. The molecule has 0 saturated carbocycles. The number of benzene rings is 1. The number of sulfonamides is 1. The number of sulfone groups is 1. The van der Waals surface area contributed by atoms with Crippen LogP contribution in [0.3, 0.4) is 0 Å². The van der Waals surface area contributed by atoms with Gasteiger partial charge in [-0.1, -0.05) is 11.6 Å². The highest BCUT2D eigenvalue weighted by Gasteiger charge is 2.35. The minimum Gasteiger partial charge on any atom is -0.379 e. The maximum absolute atomic E-state index is 13.1. The highest BCUT2D eigenvalue weighted by atomic mass is 35.5. The van der Waals surface area contributed by atoms with E-state index in [1.165, 1.54) is 22.5 Å². The van der Waals surface area contributed by atoms with Gasteiger partial charge in [0.2, 0.25) is 10.0 Å². The van der Waals surface area contributed by atoms with Crippen LogP contribution in [0.15, 0.2) is 23.1 Å². The molecule has 1 atom stereocenters. The van der Waals surface area contributed by atoms with E-state index in [1.807, 2.05) is 0 Å². The average Bonchev–Trinajstić information content (AvgIpc) is 3.14. The van der Waals surface area contributed by atoms with E-state index in [4.69, 9.17) is 16.3 Å². The summed E-state index contributed by atoms with van der Waals surface area (Å²) in [6.07, 6.45) is 0.629. The van der Waals surface area contributed by atoms with E-state index in [0.29, 0.717) is 45.8 Å². The topological polar surface area (TPSA) is 104 Å². The van der Waals surface area contributed by atoms with Crippen molar-refractivity contribution in [3.8, 4) is 0 Å². The third-order valence-corrected chi connectivity index (χ3v) is 10.1. The zero-order valence-corrected chi connectivity index (χ0v) is 19.5. The van der Waals surface area contributed by atoms with E-state index in [9.17, 15) is 21.6 Å². The van der Waals surface area contributed by atoms with Gasteiger partial charge >= 0.3 is 0 Å². The van der Waals surface area contributed by atoms with Crippen molar-refractivity contribution < 1.29 is 26.4 Å². The minimum absolute atomic E-state index is 0.00725. The second-order valence-electron chi connectivity index (χ2n) is 8.04. The van der Waals surface area contributed by atoms with Crippen LogP contribution in [0.25, 0.3) is 0 Å². The van der Waals surface area contributed by atoms with Crippen molar-refractivity contribution in [3.05, 3.63) is 28.8 Å². The Balaban J connectivity index is 1.46. The second-order valence-corrected chi connectivity index (χ2v) is 12.6.